The second-order valence-corrected chi connectivity index (χ2v) is 4.96. The molecular formula is C13H15FN2S. The molecule has 0 saturated heterocycles. The van der Waals surface area contributed by atoms with Gasteiger partial charge in [0, 0.05) is 17.1 Å². The Morgan fingerprint density at radius 1 is 1.29 bits per heavy atom. The Hall–Kier alpha value is -1.26. The molecule has 0 spiro atoms. The van der Waals surface area contributed by atoms with Gasteiger partial charge in [0.2, 0.25) is 0 Å². The van der Waals surface area contributed by atoms with E-state index >= 15 is 0 Å². The molecular weight excluding hydrogens is 235 g/mol. The Labute approximate surface area is 105 Å². The maximum Gasteiger partial charge on any atom is 0.123 e. The number of hydrogen-bond acceptors (Lipinski definition) is 3. The van der Waals surface area contributed by atoms with Crippen molar-refractivity contribution in [2.75, 3.05) is 7.05 Å². The molecule has 90 valence electrons. The van der Waals surface area contributed by atoms with Crippen molar-refractivity contribution in [3.8, 4) is 0 Å². The standard InChI is InChI=1S/C13H15FN2S/c1-15-12(7-13-8-16-9-17-13)6-10-2-4-11(14)5-3-10/h2-5,8-9,12,15H,6-7H2,1H3. The summed E-state index contributed by atoms with van der Waals surface area (Å²) in [4.78, 5) is 5.34. The van der Waals surface area contributed by atoms with Crippen molar-refractivity contribution in [2.45, 2.75) is 18.9 Å². The van der Waals surface area contributed by atoms with Crippen LogP contribution in [0.5, 0.6) is 0 Å². The van der Waals surface area contributed by atoms with Crippen LogP contribution < -0.4 is 5.32 Å². The first-order valence-electron chi connectivity index (χ1n) is 5.57. The lowest BCUT2D eigenvalue weighted by molar-refractivity contribution is 0.558. The highest BCUT2D eigenvalue weighted by atomic mass is 32.1. The van der Waals surface area contributed by atoms with Gasteiger partial charge in [-0.15, -0.1) is 11.3 Å². The van der Waals surface area contributed by atoms with Gasteiger partial charge in [0.15, 0.2) is 0 Å². The number of halogens is 1. The average Bonchev–Trinajstić information content (AvgIpc) is 2.84. The first-order chi connectivity index (χ1) is 8.28. The quantitative estimate of drug-likeness (QED) is 0.882. The first-order valence-corrected chi connectivity index (χ1v) is 6.45. The van der Waals surface area contributed by atoms with Gasteiger partial charge in [-0.1, -0.05) is 12.1 Å². The topological polar surface area (TPSA) is 24.9 Å². The number of hydrogen-bond donors (Lipinski definition) is 1. The van der Waals surface area contributed by atoms with Crippen molar-refractivity contribution >= 4 is 11.3 Å². The molecule has 0 fully saturated rings. The van der Waals surface area contributed by atoms with E-state index in [1.54, 1.807) is 11.3 Å². The Morgan fingerprint density at radius 3 is 2.65 bits per heavy atom. The van der Waals surface area contributed by atoms with Crippen molar-refractivity contribution in [2.24, 2.45) is 0 Å². The second-order valence-electron chi connectivity index (χ2n) is 3.99. The summed E-state index contributed by atoms with van der Waals surface area (Å²) in [6.45, 7) is 0. The molecule has 17 heavy (non-hydrogen) atoms. The van der Waals surface area contributed by atoms with Crippen LogP contribution in [0.1, 0.15) is 10.4 Å². The Kier molecular flexibility index (Phi) is 4.23. The van der Waals surface area contributed by atoms with Gasteiger partial charge in [0.25, 0.3) is 0 Å². The molecule has 1 heterocycles. The monoisotopic (exact) mass is 250 g/mol. The van der Waals surface area contributed by atoms with Crippen molar-refractivity contribution in [3.05, 3.63) is 52.2 Å². The van der Waals surface area contributed by atoms with E-state index in [4.69, 9.17) is 0 Å². The van der Waals surface area contributed by atoms with E-state index in [9.17, 15) is 4.39 Å². The molecule has 1 aromatic heterocycles. The molecule has 0 radical (unpaired) electrons. The van der Waals surface area contributed by atoms with E-state index < -0.39 is 0 Å². The summed E-state index contributed by atoms with van der Waals surface area (Å²) < 4.78 is 12.8. The molecule has 0 aliphatic heterocycles. The zero-order valence-electron chi connectivity index (χ0n) is 9.69. The van der Waals surface area contributed by atoms with Crippen LogP contribution in [0.15, 0.2) is 36.0 Å². The van der Waals surface area contributed by atoms with Crippen LogP contribution in [0.25, 0.3) is 0 Å². The van der Waals surface area contributed by atoms with Gasteiger partial charge in [-0.05, 0) is 37.6 Å². The first kappa shape index (κ1) is 12.2. The Balaban J connectivity index is 1.97. The van der Waals surface area contributed by atoms with E-state index in [0.29, 0.717) is 6.04 Å². The summed E-state index contributed by atoms with van der Waals surface area (Å²) in [5.74, 6) is -0.183. The smallest absolute Gasteiger partial charge is 0.123 e. The highest BCUT2D eigenvalue weighted by Gasteiger charge is 2.09. The fourth-order valence-corrected chi connectivity index (χ4v) is 2.44. The van der Waals surface area contributed by atoms with Crippen LogP contribution in [0.4, 0.5) is 4.39 Å². The number of thiazole rings is 1. The van der Waals surface area contributed by atoms with Crippen LogP contribution >= 0.6 is 11.3 Å². The van der Waals surface area contributed by atoms with Crippen LogP contribution in [0, 0.1) is 5.82 Å². The molecule has 2 rings (SSSR count). The predicted octanol–water partition coefficient (Wildman–Crippen LogP) is 2.66. The second kappa shape index (κ2) is 5.89. The average molecular weight is 250 g/mol. The number of rotatable bonds is 5. The van der Waals surface area contributed by atoms with E-state index in [-0.39, 0.29) is 5.82 Å². The number of nitrogens with one attached hydrogen (secondary N) is 1. The zero-order valence-corrected chi connectivity index (χ0v) is 10.5. The van der Waals surface area contributed by atoms with Crippen molar-refractivity contribution in [3.63, 3.8) is 0 Å². The van der Waals surface area contributed by atoms with Crippen LogP contribution in [0.2, 0.25) is 0 Å². The number of nitrogens with zero attached hydrogens (tertiary/aromatic N) is 1. The molecule has 0 saturated carbocycles. The van der Waals surface area contributed by atoms with E-state index in [1.807, 2.05) is 30.9 Å². The van der Waals surface area contributed by atoms with E-state index in [0.717, 1.165) is 18.4 Å². The van der Waals surface area contributed by atoms with Crippen LogP contribution in [-0.2, 0) is 12.8 Å². The highest BCUT2D eigenvalue weighted by Crippen LogP contribution is 2.12. The molecule has 2 nitrogen and oxygen atoms in total. The molecule has 0 aliphatic carbocycles. The minimum Gasteiger partial charge on any atom is -0.316 e. The van der Waals surface area contributed by atoms with Crippen molar-refractivity contribution < 1.29 is 4.39 Å². The molecule has 0 aliphatic rings. The zero-order chi connectivity index (χ0) is 12.1. The van der Waals surface area contributed by atoms with Gasteiger partial charge < -0.3 is 5.32 Å². The summed E-state index contributed by atoms with van der Waals surface area (Å²) in [6, 6.07) is 7.06. The van der Waals surface area contributed by atoms with Crippen LogP contribution in [0.3, 0.4) is 0 Å². The van der Waals surface area contributed by atoms with Gasteiger partial charge >= 0.3 is 0 Å². The summed E-state index contributed by atoms with van der Waals surface area (Å²) in [5, 5.41) is 3.29. The molecule has 0 amide bonds. The maximum atomic E-state index is 12.8. The number of benzene rings is 1. The summed E-state index contributed by atoms with van der Waals surface area (Å²) >= 11 is 1.67. The minimum absolute atomic E-state index is 0.183. The summed E-state index contributed by atoms with van der Waals surface area (Å²) in [5.41, 5.74) is 3.00. The Bertz CT molecular complexity index is 439. The van der Waals surface area contributed by atoms with Gasteiger partial charge in [0.1, 0.15) is 5.82 Å². The maximum absolute atomic E-state index is 12.8. The summed E-state index contributed by atoms with van der Waals surface area (Å²) in [6.07, 6.45) is 3.76. The molecule has 1 N–H and O–H groups in total. The van der Waals surface area contributed by atoms with Gasteiger partial charge in [-0.2, -0.15) is 0 Å². The highest BCUT2D eigenvalue weighted by molar-refractivity contribution is 7.09. The lowest BCUT2D eigenvalue weighted by Gasteiger charge is -2.15. The van der Waals surface area contributed by atoms with Crippen molar-refractivity contribution in [1.82, 2.24) is 10.3 Å². The minimum atomic E-state index is -0.183. The third kappa shape index (κ3) is 3.61. The molecule has 0 bridgehead atoms. The van der Waals surface area contributed by atoms with Gasteiger partial charge in [0.05, 0.1) is 5.51 Å². The van der Waals surface area contributed by atoms with E-state index in [2.05, 4.69) is 10.3 Å². The fraction of sp³-hybridized carbons (Fsp3) is 0.308. The molecule has 2 aromatic rings. The molecule has 1 atom stereocenters. The normalized spacial score (nSPS) is 12.6. The van der Waals surface area contributed by atoms with Gasteiger partial charge in [-0.25, -0.2) is 4.39 Å². The number of aromatic nitrogens is 1. The lowest BCUT2D eigenvalue weighted by atomic mass is 10.0. The Morgan fingerprint density at radius 2 is 2.06 bits per heavy atom. The van der Waals surface area contributed by atoms with Gasteiger partial charge in [-0.3, -0.25) is 4.98 Å². The lowest BCUT2D eigenvalue weighted by Crippen LogP contribution is -2.29. The molecule has 1 aromatic carbocycles. The van der Waals surface area contributed by atoms with Crippen molar-refractivity contribution in [1.29, 1.82) is 0 Å². The molecule has 4 heteroatoms. The summed E-state index contributed by atoms with van der Waals surface area (Å²) in [7, 11) is 1.95. The van der Waals surface area contributed by atoms with E-state index in [1.165, 1.54) is 17.0 Å². The third-order valence-electron chi connectivity index (χ3n) is 2.73. The SMILES string of the molecule is CNC(Cc1ccc(F)cc1)Cc1cncs1. The fourth-order valence-electron chi connectivity index (χ4n) is 1.77. The third-order valence-corrected chi connectivity index (χ3v) is 3.54. The van der Waals surface area contributed by atoms with Crippen LogP contribution in [-0.4, -0.2) is 18.1 Å². The molecule has 1 unspecified atom stereocenters. The predicted molar refractivity (Wildman–Crippen MR) is 68.8 cm³/mol. The number of likely N-dealkylation sites (N-methyl/N-ethyl adjacent to an activating group) is 1. The largest absolute Gasteiger partial charge is 0.316 e.